The molecule has 0 N–H and O–H groups in total. The van der Waals surface area contributed by atoms with E-state index in [1.807, 2.05) is 0 Å². The second-order valence-electron chi connectivity index (χ2n) is 6.77. The summed E-state index contributed by atoms with van der Waals surface area (Å²) in [5.74, 6) is 4.15. The van der Waals surface area contributed by atoms with Gasteiger partial charge in [0.2, 0.25) is 0 Å². The van der Waals surface area contributed by atoms with E-state index < -0.39 is 0 Å². The molecule has 0 aliphatic heterocycles. The molecule has 0 bridgehead atoms. The third kappa shape index (κ3) is 3.87. The van der Waals surface area contributed by atoms with Gasteiger partial charge in [-0.15, -0.1) is 0 Å². The van der Waals surface area contributed by atoms with E-state index in [0.717, 1.165) is 23.7 Å². The van der Waals surface area contributed by atoms with Gasteiger partial charge in [-0.05, 0) is 69.1 Å². The quantitative estimate of drug-likeness (QED) is 0.537. The number of hydrogen-bond acceptors (Lipinski definition) is 0. The molecule has 0 amide bonds. The van der Waals surface area contributed by atoms with Crippen LogP contribution in [0.25, 0.3) is 0 Å². The molecule has 0 aromatic heterocycles. The summed E-state index contributed by atoms with van der Waals surface area (Å²) in [7, 11) is 0. The minimum atomic E-state index is 0.905. The smallest absolute Gasteiger partial charge is 0.0233 e. The van der Waals surface area contributed by atoms with Gasteiger partial charge in [0.15, 0.2) is 0 Å². The van der Waals surface area contributed by atoms with Crippen molar-refractivity contribution in [2.75, 3.05) is 0 Å². The van der Waals surface area contributed by atoms with E-state index in [0.29, 0.717) is 0 Å². The largest absolute Gasteiger partial charge is 0.0914 e. The Morgan fingerprint density at radius 2 is 1.39 bits per heavy atom. The van der Waals surface area contributed by atoms with Crippen LogP contribution in [0.5, 0.6) is 0 Å². The van der Waals surface area contributed by atoms with Crippen molar-refractivity contribution in [3.8, 4) is 0 Å². The summed E-state index contributed by atoms with van der Waals surface area (Å²) in [5.41, 5.74) is 0. The van der Waals surface area contributed by atoms with Gasteiger partial charge in [0, 0.05) is 0 Å². The molecule has 0 heteroatoms. The fourth-order valence-corrected chi connectivity index (χ4v) is 4.44. The lowest BCUT2D eigenvalue weighted by atomic mass is 9.69. The Kier molecular flexibility index (Phi) is 5.79. The molecular formula is C18H32. The SMILES string of the molecule is C/C=C/C1CCC(C2CCC(CCC)CC2)CC1. The van der Waals surface area contributed by atoms with Crippen molar-refractivity contribution in [3.05, 3.63) is 12.2 Å². The Morgan fingerprint density at radius 1 is 0.833 bits per heavy atom. The second-order valence-corrected chi connectivity index (χ2v) is 6.77. The maximum atomic E-state index is 2.44. The highest BCUT2D eigenvalue weighted by Gasteiger charge is 2.29. The van der Waals surface area contributed by atoms with Crippen LogP contribution < -0.4 is 0 Å². The summed E-state index contributed by atoms with van der Waals surface area (Å²) >= 11 is 0. The lowest BCUT2D eigenvalue weighted by Gasteiger charge is -2.37. The molecule has 0 saturated heterocycles. The molecule has 2 saturated carbocycles. The van der Waals surface area contributed by atoms with Gasteiger partial charge in [0.1, 0.15) is 0 Å². The zero-order chi connectivity index (χ0) is 12.8. The van der Waals surface area contributed by atoms with Gasteiger partial charge >= 0.3 is 0 Å². The Morgan fingerprint density at radius 3 is 1.89 bits per heavy atom. The summed E-state index contributed by atoms with van der Waals surface area (Å²) in [4.78, 5) is 0. The standard InChI is InChI=1S/C18H32/c1-3-5-15-7-11-17(12-8-15)18-13-9-16(6-4-2)10-14-18/h3,5,15-18H,4,6-14H2,1-2H3/b5-3+. The van der Waals surface area contributed by atoms with Crippen LogP contribution in [0.1, 0.15) is 78.1 Å². The first-order valence-electron chi connectivity index (χ1n) is 8.46. The fourth-order valence-electron chi connectivity index (χ4n) is 4.44. The zero-order valence-electron chi connectivity index (χ0n) is 12.5. The Labute approximate surface area is 114 Å². The number of allylic oxidation sites excluding steroid dienone is 2. The fraction of sp³-hybridized carbons (Fsp3) is 0.889. The first-order chi connectivity index (χ1) is 8.83. The van der Waals surface area contributed by atoms with Gasteiger partial charge in [0.25, 0.3) is 0 Å². The first-order valence-corrected chi connectivity index (χ1v) is 8.46. The van der Waals surface area contributed by atoms with E-state index in [1.165, 1.54) is 51.4 Å². The molecule has 2 fully saturated rings. The van der Waals surface area contributed by atoms with Crippen molar-refractivity contribution in [1.29, 1.82) is 0 Å². The Balaban J connectivity index is 1.71. The third-order valence-electron chi connectivity index (χ3n) is 5.54. The van der Waals surface area contributed by atoms with E-state index in [1.54, 1.807) is 12.8 Å². The zero-order valence-corrected chi connectivity index (χ0v) is 12.5. The number of rotatable bonds is 4. The lowest BCUT2D eigenvalue weighted by molar-refractivity contribution is 0.152. The molecule has 0 aromatic rings. The van der Waals surface area contributed by atoms with Gasteiger partial charge in [-0.1, -0.05) is 44.8 Å². The molecule has 0 nitrogen and oxygen atoms in total. The molecule has 104 valence electrons. The predicted molar refractivity (Wildman–Crippen MR) is 80.6 cm³/mol. The van der Waals surface area contributed by atoms with Gasteiger partial charge < -0.3 is 0 Å². The minimum absolute atomic E-state index is 0.905. The van der Waals surface area contributed by atoms with Crippen LogP contribution in [-0.2, 0) is 0 Å². The van der Waals surface area contributed by atoms with Crippen LogP contribution in [0.2, 0.25) is 0 Å². The van der Waals surface area contributed by atoms with Crippen molar-refractivity contribution in [3.63, 3.8) is 0 Å². The maximum Gasteiger partial charge on any atom is -0.0233 e. The topological polar surface area (TPSA) is 0 Å². The normalized spacial score (nSPS) is 38.1. The summed E-state index contributed by atoms with van der Waals surface area (Å²) in [6.07, 6.45) is 19.7. The highest BCUT2D eigenvalue weighted by molar-refractivity contribution is 4.90. The summed E-state index contributed by atoms with van der Waals surface area (Å²) in [6, 6.07) is 0. The van der Waals surface area contributed by atoms with Gasteiger partial charge in [-0.25, -0.2) is 0 Å². The lowest BCUT2D eigenvalue weighted by Crippen LogP contribution is -2.25. The number of hydrogen-bond donors (Lipinski definition) is 0. The van der Waals surface area contributed by atoms with Crippen molar-refractivity contribution >= 4 is 0 Å². The van der Waals surface area contributed by atoms with Gasteiger partial charge in [-0.3, -0.25) is 0 Å². The first kappa shape index (κ1) is 14.2. The summed E-state index contributed by atoms with van der Waals surface area (Å²) in [6.45, 7) is 4.51. The third-order valence-corrected chi connectivity index (χ3v) is 5.54. The van der Waals surface area contributed by atoms with Crippen LogP contribution in [0.15, 0.2) is 12.2 Å². The van der Waals surface area contributed by atoms with E-state index >= 15 is 0 Å². The minimum Gasteiger partial charge on any atom is -0.0914 e. The van der Waals surface area contributed by atoms with Crippen LogP contribution >= 0.6 is 0 Å². The molecule has 0 unspecified atom stereocenters. The molecular weight excluding hydrogens is 216 g/mol. The van der Waals surface area contributed by atoms with Crippen molar-refractivity contribution in [2.45, 2.75) is 78.1 Å². The van der Waals surface area contributed by atoms with E-state index in [4.69, 9.17) is 0 Å². The molecule has 0 radical (unpaired) electrons. The molecule has 0 spiro atoms. The highest BCUT2D eigenvalue weighted by atomic mass is 14.3. The van der Waals surface area contributed by atoms with Crippen molar-refractivity contribution < 1.29 is 0 Å². The van der Waals surface area contributed by atoms with E-state index in [9.17, 15) is 0 Å². The summed E-state index contributed by atoms with van der Waals surface area (Å²) in [5, 5.41) is 0. The van der Waals surface area contributed by atoms with Crippen LogP contribution in [-0.4, -0.2) is 0 Å². The average Bonchev–Trinajstić information content (AvgIpc) is 2.41. The van der Waals surface area contributed by atoms with Gasteiger partial charge in [-0.2, -0.15) is 0 Å². The molecule has 0 heterocycles. The van der Waals surface area contributed by atoms with Crippen LogP contribution in [0.4, 0.5) is 0 Å². The molecule has 0 atom stereocenters. The highest BCUT2D eigenvalue weighted by Crippen LogP contribution is 2.42. The predicted octanol–water partition coefficient (Wildman–Crippen LogP) is 5.98. The van der Waals surface area contributed by atoms with Crippen LogP contribution in [0, 0.1) is 23.7 Å². The molecule has 18 heavy (non-hydrogen) atoms. The molecule has 2 rings (SSSR count). The molecule has 2 aliphatic rings. The average molecular weight is 248 g/mol. The Hall–Kier alpha value is -0.260. The van der Waals surface area contributed by atoms with E-state index in [2.05, 4.69) is 26.0 Å². The van der Waals surface area contributed by atoms with Crippen molar-refractivity contribution in [1.82, 2.24) is 0 Å². The summed E-state index contributed by atoms with van der Waals surface area (Å²) < 4.78 is 0. The maximum absolute atomic E-state index is 2.44. The monoisotopic (exact) mass is 248 g/mol. The molecule has 2 aliphatic carbocycles. The second kappa shape index (κ2) is 7.36. The van der Waals surface area contributed by atoms with E-state index in [-0.39, 0.29) is 0 Å². The Bertz CT molecular complexity index is 237. The van der Waals surface area contributed by atoms with Crippen molar-refractivity contribution in [2.24, 2.45) is 23.7 Å². The van der Waals surface area contributed by atoms with Crippen LogP contribution in [0.3, 0.4) is 0 Å². The van der Waals surface area contributed by atoms with Gasteiger partial charge in [0.05, 0.1) is 0 Å². The molecule has 0 aromatic carbocycles.